The lowest BCUT2D eigenvalue weighted by atomic mass is 10.2. The molecule has 4 nitrogen and oxygen atoms in total. The molecule has 92 valence electrons. The third-order valence-electron chi connectivity index (χ3n) is 2.14. The molecule has 17 heavy (non-hydrogen) atoms. The molecule has 1 amide bonds. The second-order valence-corrected chi connectivity index (χ2v) is 4.67. The molecule has 0 heterocycles. The van der Waals surface area contributed by atoms with Crippen molar-refractivity contribution in [1.29, 1.82) is 0 Å². The lowest BCUT2D eigenvalue weighted by Gasteiger charge is -2.11. The number of hydrogen-bond donors (Lipinski definition) is 2. The van der Waals surface area contributed by atoms with Gasteiger partial charge in [-0.25, -0.2) is 0 Å². The number of carboxylic acid groups (broad SMARTS) is 1. The third kappa shape index (κ3) is 3.64. The van der Waals surface area contributed by atoms with E-state index in [1.165, 1.54) is 18.7 Å². The molecule has 0 aliphatic heterocycles. The second kappa shape index (κ2) is 5.93. The highest BCUT2D eigenvalue weighted by atomic mass is 35.5. The van der Waals surface area contributed by atoms with Crippen molar-refractivity contribution >= 4 is 35.2 Å². The summed E-state index contributed by atoms with van der Waals surface area (Å²) in [6, 6.07) is 4.10. The van der Waals surface area contributed by atoms with Crippen LogP contribution in [0.25, 0.3) is 0 Å². The largest absolute Gasteiger partial charge is 0.480 e. The number of carbonyl (C=O) groups excluding carboxylic acids is 1. The van der Waals surface area contributed by atoms with Gasteiger partial charge in [-0.2, -0.15) is 0 Å². The van der Waals surface area contributed by atoms with E-state index in [0.29, 0.717) is 5.02 Å². The van der Waals surface area contributed by atoms with Gasteiger partial charge < -0.3 is 10.4 Å². The number of hydrogen-bond acceptors (Lipinski definition) is 3. The SMILES string of the molecule is CSc1ccc(Cl)c(C(=O)N[C@H](C)C(=O)O)c1. The Bertz CT molecular complexity index is 450. The van der Waals surface area contributed by atoms with Gasteiger partial charge in [-0.1, -0.05) is 11.6 Å². The molecule has 0 radical (unpaired) electrons. The van der Waals surface area contributed by atoms with Crippen molar-refractivity contribution in [3.63, 3.8) is 0 Å². The molecule has 0 spiro atoms. The quantitative estimate of drug-likeness (QED) is 0.826. The standard InChI is InChI=1S/C11H12ClNO3S/c1-6(11(15)16)13-10(14)8-5-7(17-2)3-4-9(8)12/h3-6H,1-2H3,(H,13,14)(H,15,16)/t6-/m1/s1. The highest BCUT2D eigenvalue weighted by Crippen LogP contribution is 2.22. The first-order valence-electron chi connectivity index (χ1n) is 4.83. The minimum absolute atomic E-state index is 0.284. The Morgan fingerprint density at radius 3 is 2.65 bits per heavy atom. The van der Waals surface area contributed by atoms with Crippen molar-refractivity contribution in [3.8, 4) is 0 Å². The number of rotatable bonds is 4. The maximum Gasteiger partial charge on any atom is 0.325 e. The smallest absolute Gasteiger partial charge is 0.325 e. The predicted octanol–water partition coefficient (Wildman–Crippen LogP) is 2.26. The average Bonchev–Trinajstić information content (AvgIpc) is 2.29. The first-order chi connectivity index (χ1) is 7.95. The molecule has 0 aromatic heterocycles. The molecule has 1 atom stereocenters. The van der Waals surface area contributed by atoms with Gasteiger partial charge in [0, 0.05) is 4.90 Å². The van der Waals surface area contributed by atoms with Crippen LogP contribution in [0.3, 0.4) is 0 Å². The Balaban J connectivity index is 2.91. The first-order valence-corrected chi connectivity index (χ1v) is 6.43. The zero-order valence-electron chi connectivity index (χ0n) is 9.36. The van der Waals surface area contributed by atoms with Crippen molar-refractivity contribution in [2.24, 2.45) is 0 Å². The molecular formula is C11H12ClNO3S. The van der Waals surface area contributed by atoms with Gasteiger partial charge >= 0.3 is 5.97 Å². The minimum atomic E-state index is -1.09. The number of carboxylic acids is 1. The number of halogens is 1. The summed E-state index contributed by atoms with van der Waals surface area (Å²) >= 11 is 7.37. The Morgan fingerprint density at radius 1 is 1.47 bits per heavy atom. The number of thioether (sulfide) groups is 1. The average molecular weight is 274 g/mol. The minimum Gasteiger partial charge on any atom is -0.480 e. The molecular weight excluding hydrogens is 262 g/mol. The first kappa shape index (κ1) is 13.9. The van der Waals surface area contributed by atoms with Gasteiger partial charge in [-0.15, -0.1) is 11.8 Å². The lowest BCUT2D eigenvalue weighted by molar-refractivity contribution is -0.138. The van der Waals surface area contributed by atoms with Crippen molar-refractivity contribution in [2.75, 3.05) is 6.26 Å². The number of aliphatic carboxylic acids is 1. The molecule has 1 aromatic rings. The summed E-state index contributed by atoms with van der Waals surface area (Å²) in [5, 5.41) is 11.4. The molecule has 0 aliphatic carbocycles. The van der Waals surface area contributed by atoms with E-state index >= 15 is 0 Å². The summed E-state index contributed by atoms with van der Waals surface area (Å²) in [5.41, 5.74) is 0.284. The topological polar surface area (TPSA) is 66.4 Å². The zero-order chi connectivity index (χ0) is 13.0. The van der Waals surface area contributed by atoms with E-state index in [1.807, 2.05) is 6.26 Å². The number of carbonyl (C=O) groups is 2. The van der Waals surface area contributed by atoms with Gasteiger partial charge in [-0.05, 0) is 31.4 Å². The van der Waals surface area contributed by atoms with E-state index in [-0.39, 0.29) is 5.56 Å². The van der Waals surface area contributed by atoms with Crippen LogP contribution < -0.4 is 5.32 Å². The fourth-order valence-electron chi connectivity index (χ4n) is 1.14. The van der Waals surface area contributed by atoms with E-state index in [1.54, 1.807) is 18.2 Å². The monoisotopic (exact) mass is 273 g/mol. The molecule has 0 saturated carbocycles. The van der Waals surface area contributed by atoms with Crippen LogP contribution in [-0.4, -0.2) is 29.3 Å². The number of nitrogens with one attached hydrogen (secondary N) is 1. The second-order valence-electron chi connectivity index (χ2n) is 3.38. The highest BCUT2D eigenvalue weighted by Gasteiger charge is 2.17. The maximum absolute atomic E-state index is 11.8. The van der Waals surface area contributed by atoms with Crippen LogP contribution in [0, 0.1) is 0 Å². The van der Waals surface area contributed by atoms with Crippen LogP contribution in [0.15, 0.2) is 23.1 Å². The van der Waals surface area contributed by atoms with Crippen molar-refractivity contribution in [2.45, 2.75) is 17.9 Å². The molecule has 1 aromatic carbocycles. The molecule has 6 heteroatoms. The summed E-state index contributed by atoms with van der Waals surface area (Å²) in [5.74, 6) is -1.57. The number of amides is 1. The van der Waals surface area contributed by atoms with Gasteiger partial charge in [0.2, 0.25) is 0 Å². The summed E-state index contributed by atoms with van der Waals surface area (Å²) < 4.78 is 0. The van der Waals surface area contributed by atoms with E-state index in [0.717, 1.165) is 4.90 Å². The van der Waals surface area contributed by atoms with Crippen molar-refractivity contribution in [3.05, 3.63) is 28.8 Å². The van der Waals surface area contributed by atoms with Crippen molar-refractivity contribution in [1.82, 2.24) is 5.32 Å². The Kier molecular flexibility index (Phi) is 4.84. The summed E-state index contributed by atoms with van der Waals surface area (Å²) in [6.45, 7) is 1.40. The van der Waals surface area contributed by atoms with Gasteiger partial charge in [0.05, 0.1) is 10.6 Å². The van der Waals surface area contributed by atoms with E-state index in [4.69, 9.17) is 16.7 Å². The normalized spacial score (nSPS) is 11.9. The van der Waals surface area contributed by atoms with Gasteiger partial charge in [0.25, 0.3) is 5.91 Å². The van der Waals surface area contributed by atoms with Gasteiger partial charge in [0.15, 0.2) is 0 Å². The number of benzene rings is 1. The predicted molar refractivity (Wildman–Crippen MR) is 67.8 cm³/mol. The Labute approximate surface area is 108 Å². The molecule has 0 unspecified atom stereocenters. The van der Waals surface area contributed by atoms with Gasteiger partial charge in [-0.3, -0.25) is 9.59 Å². The van der Waals surface area contributed by atoms with Crippen LogP contribution in [-0.2, 0) is 4.79 Å². The Hall–Kier alpha value is -1.20. The molecule has 2 N–H and O–H groups in total. The third-order valence-corrected chi connectivity index (χ3v) is 3.19. The Morgan fingerprint density at radius 2 is 2.12 bits per heavy atom. The van der Waals surface area contributed by atoms with Crippen LogP contribution in [0.5, 0.6) is 0 Å². The van der Waals surface area contributed by atoms with Crippen molar-refractivity contribution < 1.29 is 14.7 Å². The van der Waals surface area contributed by atoms with Crippen LogP contribution >= 0.6 is 23.4 Å². The zero-order valence-corrected chi connectivity index (χ0v) is 10.9. The molecule has 0 saturated heterocycles. The summed E-state index contributed by atoms with van der Waals surface area (Å²) in [6.07, 6.45) is 1.88. The fraction of sp³-hybridized carbons (Fsp3) is 0.273. The lowest BCUT2D eigenvalue weighted by Crippen LogP contribution is -2.38. The highest BCUT2D eigenvalue weighted by molar-refractivity contribution is 7.98. The molecule has 0 aliphatic rings. The molecule has 1 rings (SSSR count). The van der Waals surface area contributed by atoms with Crippen LogP contribution in [0.1, 0.15) is 17.3 Å². The molecule has 0 fully saturated rings. The molecule has 0 bridgehead atoms. The van der Waals surface area contributed by atoms with E-state index < -0.39 is 17.9 Å². The van der Waals surface area contributed by atoms with Crippen LogP contribution in [0.4, 0.5) is 0 Å². The summed E-state index contributed by atoms with van der Waals surface area (Å²) in [4.78, 5) is 23.3. The fourth-order valence-corrected chi connectivity index (χ4v) is 1.78. The van der Waals surface area contributed by atoms with E-state index in [2.05, 4.69) is 5.32 Å². The van der Waals surface area contributed by atoms with Gasteiger partial charge in [0.1, 0.15) is 6.04 Å². The van der Waals surface area contributed by atoms with Crippen LogP contribution in [0.2, 0.25) is 5.02 Å². The maximum atomic E-state index is 11.8. The van der Waals surface area contributed by atoms with E-state index in [9.17, 15) is 9.59 Å². The summed E-state index contributed by atoms with van der Waals surface area (Å²) in [7, 11) is 0.